The Kier molecular flexibility index (Phi) is 4.49. The van der Waals surface area contributed by atoms with Crippen LogP contribution in [0.5, 0.6) is 0 Å². The molecule has 0 aliphatic carbocycles. The Labute approximate surface area is 114 Å². The summed E-state index contributed by atoms with van der Waals surface area (Å²) >= 11 is 12.9. The van der Waals surface area contributed by atoms with Crippen molar-refractivity contribution < 1.29 is 9.59 Å². The molecule has 0 N–H and O–H groups in total. The van der Waals surface area contributed by atoms with Gasteiger partial charge < -0.3 is 0 Å². The van der Waals surface area contributed by atoms with Gasteiger partial charge in [-0.3, -0.25) is 9.59 Å². The van der Waals surface area contributed by atoms with E-state index in [0.717, 1.165) is 0 Å². The Balaban J connectivity index is 3.73. The van der Waals surface area contributed by atoms with Gasteiger partial charge in [0.05, 0.1) is 11.1 Å². The minimum Gasteiger partial charge on any atom is -0.285 e. The summed E-state index contributed by atoms with van der Waals surface area (Å²) in [6, 6.07) is 0. The molecule has 2 nitrogen and oxygen atoms in total. The molecule has 0 aliphatic rings. The zero-order chi connectivity index (χ0) is 10.9. The molecule has 1 rings (SSSR count). The monoisotopic (exact) mass is 444 g/mol. The van der Waals surface area contributed by atoms with Crippen LogP contribution in [-0.2, 0) is 9.59 Å². The van der Waals surface area contributed by atoms with Crippen LogP contribution in [-0.4, -0.2) is 12.6 Å². The molecule has 1 aromatic rings. The van der Waals surface area contributed by atoms with Gasteiger partial charge in [0.2, 0.25) is 12.6 Å². The summed E-state index contributed by atoms with van der Waals surface area (Å²) in [4.78, 5) is 21.3. The van der Waals surface area contributed by atoms with Crippen LogP contribution < -0.4 is 0 Å². The van der Waals surface area contributed by atoms with Crippen LogP contribution >= 0.6 is 63.7 Å². The second-order valence-corrected chi connectivity index (χ2v) is 5.38. The summed E-state index contributed by atoms with van der Waals surface area (Å²) in [6.07, 6.45) is 3.37. The van der Waals surface area contributed by atoms with Crippen molar-refractivity contribution in [2.24, 2.45) is 0 Å². The van der Waals surface area contributed by atoms with Gasteiger partial charge in [0.15, 0.2) is 0 Å². The Morgan fingerprint density at radius 3 is 1.14 bits per heavy atom. The summed E-state index contributed by atoms with van der Waals surface area (Å²) in [5.41, 5.74) is 0.281. The molecule has 0 unspecified atom stereocenters. The van der Waals surface area contributed by atoms with Crippen LogP contribution in [0.3, 0.4) is 0 Å². The van der Waals surface area contributed by atoms with Crippen molar-refractivity contribution >= 4 is 76.3 Å². The first kappa shape index (κ1) is 12.5. The van der Waals surface area contributed by atoms with E-state index >= 15 is 0 Å². The molecule has 6 heteroatoms. The normalized spacial score (nSPS) is 10.0. The summed E-state index contributed by atoms with van der Waals surface area (Å²) < 4.78 is 2.23. The summed E-state index contributed by atoms with van der Waals surface area (Å²) in [7, 11) is 0. The van der Waals surface area contributed by atoms with Crippen molar-refractivity contribution in [1.29, 1.82) is 0 Å². The summed E-state index contributed by atoms with van der Waals surface area (Å²) in [5, 5.41) is 0. The third kappa shape index (κ3) is 2.03. The second-order valence-electron chi connectivity index (χ2n) is 2.21. The number of rotatable bonds is 2. The van der Waals surface area contributed by atoms with E-state index in [9.17, 15) is 9.59 Å². The lowest BCUT2D eigenvalue weighted by Gasteiger charge is -2.08. The largest absolute Gasteiger partial charge is 0.285 e. The van der Waals surface area contributed by atoms with Crippen molar-refractivity contribution in [3.63, 3.8) is 0 Å². The van der Waals surface area contributed by atoms with Gasteiger partial charge in [0, 0.05) is 17.9 Å². The van der Waals surface area contributed by atoms with E-state index in [2.05, 4.69) is 63.7 Å². The van der Waals surface area contributed by atoms with Crippen LogP contribution in [0.4, 0.5) is 0 Å². The molecule has 0 aliphatic heterocycles. The quantitative estimate of drug-likeness (QED) is 0.512. The fraction of sp³-hybridized carbons (Fsp3) is 0. The predicted octanol–water partition coefficient (Wildman–Crippen LogP) is 3.65. The lowest BCUT2D eigenvalue weighted by atomic mass is 10.1. The maximum atomic E-state index is 10.6. The standard InChI is InChI=1S/C8Br4O2/c9-5-3(1-13)4(2-14)6(10)8(12)7(5)11. The predicted molar refractivity (Wildman–Crippen MR) is 66.8 cm³/mol. The highest BCUT2D eigenvalue weighted by molar-refractivity contribution is 9.15. The Morgan fingerprint density at radius 2 is 0.929 bits per heavy atom. The molecular formula is C8Br4O2. The molecule has 0 saturated carbocycles. The topological polar surface area (TPSA) is 34.1 Å². The number of carbonyl (C=O) groups excluding carboxylic acids is 2. The van der Waals surface area contributed by atoms with Crippen molar-refractivity contribution in [3.8, 4) is 0 Å². The van der Waals surface area contributed by atoms with Crippen LogP contribution in [0, 0.1) is 0 Å². The van der Waals surface area contributed by atoms with Crippen molar-refractivity contribution in [1.82, 2.24) is 0 Å². The third-order valence-corrected chi connectivity index (χ3v) is 6.24. The van der Waals surface area contributed by atoms with Gasteiger partial charge >= 0.3 is 0 Å². The highest BCUT2D eigenvalue weighted by atomic mass is 79.9. The van der Waals surface area contributed by atoms with E-state index in [-0.39, 0.29) is 11.1 Å². The van der Waals surface area contributed by atoms with Crippen molar-refractivity contribution in [2.45, 2.75) is 0 Å². The highest BCUT2D eigenvalue weighted by Gasteiger charge is 2.19. The lowest BCUT2D eigenvalue weighted by molar-refractivity contribution is 0.558. The first-order chi connectivity index (χ1) is 6.54. The SMILES string of the molecule is O=[C]c1c(Br)c(Br)c(Br)c(Br)c1[C]=O. The van der Waals surface area contributed by atoms with Gasteiger partial charge in [-0.25, -0.2) is 0 Å². The number of halogens is 4. The molecule has 0 fully saturated rings. The minimum atomic E-state index is 0.141. The van der Waals surface area contributed by atoms with Crippen LogP contribution in [0.2, 0.25) is 0 Å². The Hall–Kier alpha value is 0.480. The summed E-state index contributed by atoms with van der Waals surface area (Å²) in [5.74, 6) is 0. The first-order valence-electron chi connectivity index (χ1n) is 3.16. The van der Waals surface area contributed by atoms with Gasteiger partial charge in [-0.2, -0.15) is 0 Å². The van der Waals surface area contributed by atoms with Crippen molar-refractivity contribution in [3.05, 3.63) is 29.0 Å². The van der Waals surface area contributed by atoms with Crippen molar-refractivity contribution in [2.75, 3.05) is 0 Å². The van der Waals surface area contributed by atoms with E-state index in [4.69, 9.17) is 0 Å². The molecule has 0 amide bonds. The molecule has 0 atom stereocenters. The van der Waals surface area contributed by atoms with Gasteiger partial charge in [-0.15, -0.1) is 0 Å². The zero-order valence-corrected chi connectivity index (χ0v) is 12.7. The first-order valence-corrected chi connectivity index (χ1v) is 6.34. The molecule has 0 spiro atoms. The Bertz CT molecular complexity index is 376. The second kappa shape index (κ2) is 5.01. The fourth-order valence-corrected chi connectivity index (χ4v) is 3.10. The zero-order valence-electron chi connectivity index (χ0n) is 6.33. The Morgan fingerprint density at radius 1 is 0.643 bits per heavy atom. The minimum absolute atomic E-state index is 0.141. The van der Waals surface area contributed by atoms with Gasteiger partial charge in [-0.1, -0.05) is 0 Å². The summed E-state index contributed by atoms with van der Waals surface area (Å²) in [6.45, 7) is 0. The molecule has 2 radical (unpaired) electrons. The van der Waals surface area contributed by atoms with Gasteiger partial charge in [-0.05, 0) is 63.7 Å². The van der Waals surface area contributed by atoms with Crippen LogP contribution in [0.15, 0.2) is 17.9 Å². The van der Waals surface area contributed by atoms with Gasteiger partial charge in [0.1, 0.15) is 0 Å². The molecule has 0 aromatic heterocycles. The lowest BCUT2D eigenvalue weighted by Crippen LogP contribution is -1.97. The number of hydrogen-bond acceptors (Lipinski definition) is 2. The molecule has 72 valence electrons. The number of benzene rings is 1. The van der Waals surface area contributed by atoms with Gasteiger partial charge in [0.25, 0.3) is 0 Å². The fourth-order valence-electron chi connectivity index (χ4n) is 0.823. The number of hydrogen-bond donors (Lipinski definition) is 0. The van der Waals surface area contributed by atoms with Crippen LogP contribution in [0.1, 0.15) is 11.1 Å². The van der Waals surface area contributed by atoms with E-state index in [0.29, 0.717) is 17.9 Å². The van der Waals surface area contributed by atoms with E-state index in [1.807, 2.05) is 0 Å². The average molecular weight is 448 g/mol. The molecule has 0 saturated heterocycles. The third-order valence-electron chi connectivity index (χ3n) is 1.47. The average Bonchev–Trinajstić information content (AvgIpc) is 2.20. The molecule has 0 bridgehead atoms. The maximum absolute atomic E-state index is 10.6. The molecule has 0 heterocycles. The molecular weight excluding hydrogens is 448 g/mol. The molecule has 14 heavy (non-hydrogen) atoms. The van der Waals surface area contributed by atoms with E-state index in [1.165, 1.54) is 0 Å². The molecule has 1 aromatic carbocycles. The van der Waals surface area contributed by atoms with E-state index in [1.54, 1.807) is 12.6 Å². The maximum Gasteiger partial charge on any atom is 0.235 e. The highest BCUT2D eigenvalue weighted by Crippen LogP contribution is 2.40. The smallest absolute Gasteiger partial charge is 0.235 e. The van der Waals surface area contributed by atoms with E-state index < -0.39 is 0 Å². The van der Waals surface area contributed by atoms with Crippen LogP contribution in [0.25, 0.3) is 0 Å².